The van der Waals surface area contributed by atoms with Gasteiger partial charge in [0.1, 0.15) is 12.4 Å². The van der Waals surface area contributed by atoms with Gasteiger partial charge in [0.25, 0.3) is 0 Å². The molecule has 0 radical (unpaired) electrons. The molecule has 1 aromatic carbocycles. The first-order valence-corrected chi connectivity index (χ1v) is 5.59. The molecule has 0 amide bonds. The van der Waals surface area contributed by atoms with Gasteiger partial charge >= 0.3 is 0 Å². The van der Waals surface area contributed by atoms with E-state index >= 15 is 0 Å². The molecule has 0 aromatic heterocycles. The highest BCUT2D eigenvalue weighted by molar-refractivity contribution is 5.48. The van der Waals surface area contributed by atoms with E-state index in [4.69, 9.17) is 9.84 Å². The van der Waals surface area contributed by atoms with Crippen molar-refractivity contribution in [2.24, 2.45) is 5.41 Å². The average Bonchev–Trinajstić information content (AvgIpc) is 2.23. The van der Waals surface area contributed by atoms with E-state index < -0.39 is 0 Å². The lowest BCUT2D eigenvalue weighted by Gasteiger charge is -2.19. The monoisotopic (exact) mass is 239 g/mol. The fourth-order valence-corrected chi connectivity index (χ4v) is 1.23. The van der Waals surface area contributed by atoms with Crippen LogP contribution in [0.25, 0.3) is 0 Å². The van der Waals surface area contributed by atoms with Crippen molar-refractivity contribution in [3.63, 3.8) is 0 Å². The smallest absolute Gasteiger partial charge is 0.121 e. The summed E-state index contributed by atoms with van der Waals surface area (Å²) in [5.74, 6) is 0.785. The summed E-state index contributed by atoms with van der Waals surface area (Å²) in [6.45, 7) is 7.85. The van der Waals surface area contributed by atoms with Crippen molar-refractivity contribution < 1.29 is 9.84 Å². The van der Waals surface area contributed by atoms with Gasteiger partial charge < -0.3 is 15.2 Å². The first kappa shape index (κ1) is 15.8. The van der Waals surface area contributed by atoms with Crippen LogP contribution in [0.3, 0.4) is 0 Å². The largest absolute Gasteiger partial charge is 0.491 e. The molecule has 0 aliphatic carbocycles. The van der Waals surface area contributed by atoms with Crippen LogP contribution >= 0.6 is 0 Å². The fraction of sp³-hybridized carbons (Fsp3) is 0.571. The molecule has 0 fully saturated rings. The predicted molar refractivity (Wildman–Crippen MR) is 73.7 cm³/mol. The number of ether oxygens (including phenoxy) is 1. The van der Waals surface area contributed by atoms with E-state index in [-0.39, 0.29) is 19.4 Å². The molecule has 17 heavy (non-hydrogen) atoms. The molecular formula is C14H25NO2. The number of hydrogen-bond donors (Lipinski definition) is 2. The van der Waals surface area contributed by atoms with E-state index in [1.165, 1.54) is 0 Å². The molecule has 98 valence electrons. The average molecular weight is 239 g/mol. The fourth-order valence-electron chi connectivity index (χ4n) is 1.23. The Bertz CT molecular complexity index is 318. The van der Waals surface area contributed by atoms with Crippen molar-refractivity contribution in [3.05, 3.63) is 24.3 Å². The Kier molecular flexibility index (Phi) is 6.66. The highest BCUT2D eigenvalue weighted by Crippen LogP contribution is 2.19. The standard InChI is InChI=1S/C13H21NO2.CH4/c1-13(2,3)10-14-11-5-4-6-12(9-11)16-8-7-15;/h4-6,9,14-15H,7-8,10H2,1-3H3;1H4. The number of rotatable bonds is 5. The summed E-state index contributed by atoms with van der Waals surface area (Å²) in [6, 6.07) is 7.79. The quantitative estimate of drug-likeness (QED) is 0.829. The SMILES string of the molecule is C.CC(C)(C)CNc1cccc(OCCO)c1. The lowest BCUT2D eigenvalue weighted by Crippen LogP contribution is -2.18. The molecule has 0 spiro atoms. The van der Waals surface area contributed by atoms with Crippen LogP contribution in [0, 0.1) is 5.41 Å². The van der Waals surface area contributed by atoms with Crippen LogP contribution in [-0.4, -0.2) is 24.9 Å². The third-order valence-electron chi connectivity index (χ3n) is 2.02. The minimum Gasteiger partial charge on any atom is -0.491 e. The molecule has 0 saturated heterocycles. The number of benzene rings is 1. The van der Waals surface area contributed by atoms with Crippen molar-refractivity contribution in [2.45, 2.75) is 28.2 Å². The van der Waals surface area contributed by atoms with Crippen LogP contribution in [-0.2, 0) is 0 Å². The summed E-state index contributed by atoms with van der Waals surface area (Å²) in [7, 11) is 0. The van der Waals surface area contributed by atoms with Crippen LogP contribution < -0.4 is 10.1 Å². The highest BCUT2D eigenvalue weighted by atomic mass is 16.5. The van der Waals surface area contributed by atoms with E-state index in [1.54, 1.807) is 0 Å². The second-order valence-corrected chi connectivity index (χ2v) is 5.01. The van der Waals surface area contributed by atoms with Crippen molar-refractivity contribution in [1.29, 1.82) is 0 Å². The number of aliphatic hydroxyl groups is 1. The maximum Gasteiger partial charge on any atom is 0.121 e. The van der Waals surface area contributed by atoms with Crippen LogP contribution in [0.5, 0.6) is 5.75 Å². The Labute approximate surface area is 105 Å². The molecule has 0 bridgehead atoms. The second-order valence-electron chi connectivity index (χ2n) is 5.01. The van der Waals surface area contributed by atoms with Crippen LogP contribution in [0.2, 0.25) is 0 Å². The van der Waals surface area contributed by atoms with E-state index in [0.29, 0.717) is 6.61 Å². The van der Waals surface area contributed by atoms with Gasteiger partial charge in [-0.05, 0) is 17.5 Å². The Hall–Kier alpha value is -1.22. The number of anilines is 1. The molecular weight excluding hydrogens is 214 g/mol. The van der Waals surface area contributed by atoms with Gasteiger partial charge in [-0.1, -0.05) is 34.3 Å². The first-order chi connectivity index (χ1) is 7.51. The van der Waals surface area contributed by atoms with E-state index in [2.05, 4.69) is 26.1 Å². The van der Waals surface area contributed by atoms with E-state index in [1.807, 2.05) is 24.3 Å². The zero-order valence-corrected chi connectivity index (χ0v) is 10.3. The molecule has 0 atom stereocenters. The van der Waals surface area contributed by atoms with Crippen LogP contribution in [0.4, 0.5) is 5.69 Å². The van der Waals surface area contributed by atoms with Gasteiger partial charge in [0.15, 0.2) is 0 Å². The second kappa shape index (κ2) is 7.17. The Morgan fingerprint density at radius 2 is 2.00 bits per heavy atom. The maximum atomic E-state index is 8.67. The third kappa shape index (κ3) is 6.84. The van der Waals surface area contributed by atoms with Gasteiger partial charge in [0.2, 0.25) is 0 Å². The van der Waals surface area contributed by atoms with Crippen LogP contribution in [0.15, 0.2) is 24.3 Å². The molecule has 0 heterocycles. The summed E-state index contributed by atoms with van der Waals surface area (Å²) in [5, 5.41) is 12.0. The number of aliphatic hydroxyl groups excluding tert-OH is 1. The Balaban J connectivity index is 0.00000256. The topological polar surface area (TPSA) is 41.5 Å². The van der Waals surface area contributed by atoms with Gasteiger partial charge in [-0.15, -0.1) is 0 Å². The van der Waals surface area contributed by atoms with Crippen molar-refractivity contribution in [3.8, 4) is 5.75 Å². The lowest BCUT2D eigenvalue weighted by atomic mass is 9.97. The van der Waals surface area contributed by atoms with Gasteiger partial charge in [0, 0.05) is 18.3 Å². The highest BCUT2D eigenvalue weighted by Gasteiger charge is 2.09. The Morgan fingerprint density at radius 3 is 2.59 bits per heavy atom. The minimum atomic E-state index is 0. The third-order valence-corrected chi connectivity index (χ3v) is 2.02. The molecule has 2 N–H and O–H groups in total. The van der Waals surface area contributed by atoms with Crippen LogP contribution in [0.1, 0.15) is 28.2 Å². The summed E-state index contributed by atoms with van der Waals surface area (Å²) in [4.78, 5) is 0. The molecule has 1 aromatic rings. The van der Waals surface area contributed by atoms with Crippen molar-refractivity contribution in [1.82, 2.24) is 0 Å². The summed E-state index contributed by atoms with van der Waals surface area (Å²) < 4.78 is 5.34. The summed E-state index contributed by atoms with van der Waals surface area (Å²) in [6.07, 6.45) is 0. The van der Waals surface area contributed by atoms with Crippen molar-refractivity contribution >= 4 is 5.69 Å². The van der Waals surface area contributed by atoms with Gasteiger partial charge in [-0.2, -0.15) is 0 Å². The van der Waals surface area contributed by atoms with Gasteiger partial charge in [0.05, 0.1) is 6.61 Å². The van der Waals surface area contributed by atoms with Gasteiger partial charge in [-0.3, -0.25) is 0 Å². The Morgan fingerprint density at radius 1 is 1.29 bits per heavy atom. The zero-order valence-electron chi connectivity index (χ0n) is 10.3. The maximum absolute atomic E-state index is 8.67. The molecule has 0 aliphatic heterocycles. The normalized spacial score (nSPS) is 10.6. The van der Waals surface area contributed by atoms with E-state index in [9.17, 15) is 0 Å². The number of hydrogen-bond acceptors (Lipinski definition) is 3. The molecule has 0 aliphatic rings. The van der Waals surface area contributed by atoms with Crippen molar-refractivity contribution in [2.75, 3.05) is 25.1 Å². The molecule has 0 unspecified atom stereocenters. The molecule has 1 rings (SSSR count). The molecule has 3 nitrogen and oxygen atoms in total. The molecule has 0 saturated carbocycles. The minimum absolute atomic E-state index is 0. The first-order valence-electron chi connectivity index (χ1n) is 5.59. The predicted octanol–water partition coefficient (Wildman–Crippen LogP) is 3.15. The molecule has 3 heteroatoms. The van der Waals surface area contributed by atoms with Gasteiger partial charge in [-0.25, -0.2) is 0 Å². The van der Waals surface area contributed by atoms with E-state index in [0.717, 1.165) is 18.0 Å². The zero-order chi connectivity index (χ0) is 12.0. The number of nitrogens with one attached hydrogen (secondary N) is 1. The lowest BCUT2D eigenvalue weighted by molar-refractivity contribution is 0.201. The summed E-state index contributed by atoms with van der Waals surface area (Å²) in [5.41, 5.74) is 1.30. The summed E-state index contributed by atoms with van der Waals surface area (Å²) >= 11 is 0.